The van der Waals surface area contributed by atoms with E-state index in [4.69, 9.17) is 0 Å². The number of rotatable bonds is 3. The Balaban J connectivity index is 1.53. The zero-order valence-electron chi connectivity index (χ0n) is 14.6. The van der Waals surface area contributed by atoms with Gasteiger partial charge in [0.15, 0.2) is 0 Å². The number of hydrogen-bond acceptors (Lipinski definition) is 3. The fourth-order valence-corrected chi connectivity index (χ4v) is 5.37. The van der Waals surface area contributed by atoms with Gasteiger partial charge in [-0.15, -0.1) is 0 Å². The van der Waals surface area contributed by atoms with Crippen LogP contribution in [0, 0.1) is 0 Å². The molecule has 1 amide bonds. The van der Waals surface area contributed by atoms with Gasteiger partial charge in [-0.3, -0.25) is 9.10 Å². The maximum atomic E-state index is 12.6. The predicted octanol–water partition coefficient (Wildman–Crippen LogP) is 3.36. The molecule has 2 aromatic rings. The quantitative estimate of drug-likeness (QED) is 0.901. The third-order valence-corrected chi connectivity index (χ3v) is 7.03. The van der Waals surface area contributed by atoms with Crippen LogP contribution in [-0.2, 0) is 22.9 Å². The molecule has 1 aliphatic carbocycles. The lowest BCUT2D eigenvalue weighted by molar-refractivity contribution is 0.102. The molecule has 0 aromatic heterocycles. The largest absolute Gasteiger partial charge is 0.322 e. The van der Waals surface area contributed by atoms with Gasteiger partial charge in [-0.25, -0.2) is 8.42 Å². The van der Waals surface area contributed by atoms with E-state index in [0.717, 1.165) is 24.9 Å². The molecule has 5 nitrogen and oxygen atoms in total. The van der Waals surface area contributed by atoms with E-state index < -0.39 is 10.0 Å². The SMILES string of the molecule is O=C(Nc1cccc2c1CCCC2)c1ccc(N2CCCS2(=O)=O)cc1. The molecule has 1 heterocycles. The molecule has 4 rings (SSSR count). The van der Waals surface area contributed by atoms with E-state index in [1.165, 1.54) is 21.9 Å². The van der Waals surface area contributed by atoms with E-state index >= 15 is 0 Å². The molecule has 1 aliphatic heterocycles. The number of nitrogens with zero attached hydrogens (tertiary/aromatic N) is 1. The Bertz CT molecular complexity index is 936. The summed E-state index contributed by atoms with van der Waals surface area (Å²) >= 11 is 0. The van der Waals surface area contributed by atoms with Crippen molar-refractivity contribution in [3.8, 4) is 0 Å². The molecule has 2 aliphatic rings. The molecule has 0 bridgehead atoms. The second kappa shape index (κ2) is 6.76. The number of carbonyl (C=O) groups excluding carboxylic acids is 1. The van der Waals surface area contributed by atoms with Crippen molar-refractivity contribution >= 4 is 27.3 Å². The minimum Gasteiger partial charge on any atom is -0.322 e. The van der Waals surface area contributed by atoms with Crippen LogP contribution < -0.4 is 9.62 Å². The number of benzene rings is 2. The Hall–Kier alpha value is -2.34. The van der Waals surface area contributed by atoms with Gasteiger partial charge in [-0.1, -0.05) is 12.1 Å². The third kappa shape index (κ3) is 3.21. The molecular formula is C20H22N2O3S. The van der Waals surface area contributed by atoms with E-state index in [9.17, 15) is 13.2 Å². The van der Waals surface area contributed by atoms with Gasteiger partial charge in [0.2, 0.25) is 10.0 Å². The standard InChI is InChI=1S/C20H22N2O3S/c23-20(21-19-8-3-6-15-5-1-2-7-18(15)19)16-9-11-17(12-10-16)22-13-4-14-26(22,24)25/h3,6,8-12H,1-2,4-5,7,13-14H2,(H,21,23). The summed E-state index contributed by atoms with van der Waals surface area (Å²) in [6.07, 6.45) is 5.06. The summed E-state index contributed by atoms with van der Waals surface area (Å²) in [6, 6.07) is 12.9. The lowest BCUT2D eigenvalue weighted by atomic mass is 9.90. The summed E-state index contributed by atoms with van der Waals surface area (Å²) in [7, 11) is -3.20. The number of fused-ring (bicyclic) bond motifs is 1. The molecule has 1 N–H and O–H groups in total. The molecule has 6 heteroatoms. The van der Waals surface area contributed by atoms with Crippen molar-refractivity contribution < 1.29 is 13.2 Å². The van der Waals surface area contributed by atoms with Crippen molar-refractivity contribution in [1.82, 2.24) is 0 Å². The van der Waals surface area contributed by atoms with Crippen molar-refractivity contribution in [2.75, 3.05) is 21.9 Å². The first-order valence-electron chi connectivity index (χ1n) is 9.07. The van der Waals surface area contributed by atoms with Crippen LogP contribution in [0.15, 0.2) is 42.5 Å². The maximum Gasteiger partial charge on any atom is 0.255 e. The summed E-state index contributed by atoms with van der Waals surface area (Å²) in [6.45, 7) is 0.504. The number of hydrogen-bond donors (Lipinski definition) is 1. The van der Waals surface area contributed by atoms with Crippen LogP contribution in [0.3, 0.4) is 0 Å². The lowest BCUT2D eigenvalue weighted by Crippen LogP contribution is -2.25. The summed E-state index contributed by atoms with van der Waals surface area (Å²) in [4.78, 5) is 12.6. The summed E-state index contributed by atoms with van der Waals surface area (Å²) < 4.78 is 25.4. The Morgan fingerprint density at radius 3 is 2.46 bits per heavy atom. The monoisotopic (exact) mass is 370 g/mol. The molecule has 136 valence electrons. The average molecular weight is 370 g/mol. The molecule has 2 aromatic carbocycles. The van der Waals surface area contributed by atoms with Gasteiger partial charge < -0.3 is 5.32 Å². The van der Waals surface area contributed by atoms with E-state index in [2.05, 4.69) is 11.4 Å². The van der Waals surface area contributed by atoms with Gasteiger partial charge in [-0.05, 0) is 73.6 Å². The normalized spacial score (nSPS) is 18.4. The number of amides is 1. The highest BCUT2D eigenvalue weighted by atomic mass is 32.2. The second-order valence-electron chi connectivity index (χ2n) is 6.89. The molecule has 0 unspecified atom stereocenters. The highest BCUT2D eigenvalue weighted by molar-refractivity contribution is 7.93. The topological polar surface area (TPSA) is 66.5 Å². The zero-order valence-corrected chi connectivity index (χ0v) is 15.4. The average Bonchev–Trinajstić information content (AvgIpc) is 3.01. The van der Waals surface area contributed by atoms with Gasteiger partial charge in [-0.2, -0.15) is 0 Å². The molecule has 26 heavy (non-hydrogen) atoms. The first-order chi connectivity index (χ1) is 12.5. The van der Waals surface area contributed by atoms with Crippen molar-refractivity contribution in [2.24, 2.45) is 0 Å². The zero-order chi connectivity index (χ0) is 18.1. The van der Waals surface area contributed by atoms with Crippen molar-refractivity contribution in [2.45, 2.75) is 32.1 Å². The van der Waals surface area contributed by atoms with Crippen LogP contribution in [0.25, 0.3) is 0 Å². The van der Waals surface area contributed by atoms with E-state index in [0.29, 0.717) is 24.2 Å². The number of aryl methyl sites for hydroxylation is 1. The first-order valence-corrected chi connectivity index (χ1v) is 10.7. The number of anilines is 2. The highest BCUT2D eigenvalue weighted by Crippen LogP contribution is 2.29. The van der Waals surface area contributed by atoms with E-state index in [1.54, 1.807) is 24.3 Å². The molecule has 0 saturated carbocycles. The van der Waals surface area contributed by atoms with Gasteiger partial charge in [0.1, 0.15) is 0 Å². The van der Waals surface area contributed by atoms with Crippen LogP contribution >= 0.6 is 0 Å². The summed E-state index contributed by atoms with van der Waals surface area (Å²) in [5.74, 6) is 0.0220. The van der Waals surface area contributed by atoms with Crippen LogP contribution in [0.1, 0.15) is 40.7 Å². The van der Waals surface area contributed by atoms with Crippen LogP contribution in [0.5, 0.6) is 0 Å². The van der Waals surface area contributed by atoms with Gasteiger partial charge in [0.05, 0.1) is 11.4 Å². The number of carbonyl (C=O) groups is 1. The second-order valence-corrected chi connectivity index (χ2v) is 8.91. The summed E-state index contributed by atoms with van der Waals surface area (Å²) in [5, 5.41) is 3.02. The van der Waals surface area contributed by atoms with E-state index in [1.807, 2.05) is 12.1 Å². The molecule has 0 radical (unpaired) electrons. The summed E-state index contributed by atoms with van der Waals surface area (Å²) in [5.41, 5.74) is 4.60. The van der Waals surface area contributed by atoms with Crippen LogP contribution in [-0.4, -0.2) is 26.6 Å². The van der Waals surface area contributed by atoms with Gasteiger partial charge in [0, 0.05) is 17.8 Å². The molecule has 1 saturated heterocycles. The van der Waals surface area contributed by atoms with Gasteiger partial charge >= 0.3 is 0 Å². The molecule has 1 fully saturated rings. The van der Waals surface area contributed by atoms with Crippen molar-refractivity contribution in [3.05, 3.63) is 59.2 Å². The number of sulfonamides is 1. The Morgan fingerprint density at radius 2 is 1.73 bits per heavy atom. The molecular weight excluding hydrogens is 348 g/mol. The Kier molecular flexibility index (Phi) is 4.44. The van der Waals surface area contributed by atoms with Gasteiger partial charge in [0.25, 0.3) is 5.91 Å². The highest BCUT2D eigenvalue weighted by Gasteiger charge is 2.28. The van der Waals surface area contributed by atoms with Crippen LogP contribution in [0.2, 0.25) is 0 Å². The molecule has 0 spiro atoms. The Labute approximate surface area is 154 Å². The van der Waals surface area contributed by atoms with E-state index in [-0.39, 0.29) is 11.7 Å². The lowest BCUT2D eigenvalue weighted by Gasteiger charge is -2.20. The Morgan fingerprint density at radius 1 is 0.962 bits per heavy atom. The van der Waals surface area contributed by atoms with Crippen molar-refractivity contribution in [1.29, 1.82) is 0 Å². The molecule has 0 atom stereocenters. The van der Waals surface area contributed by atoms with Crippen molar-refractivity contribution in [3.63, 3.8) is 0 Å². The number of nitrogens with one attached hydrogen (secondary N) is 1. The minimum atomic E-state index is -3.20. The van der Waals surface area contributed by atoms with Crippen LogP contribution in [0.4, 0.5) is 11.4 Å². The smallest absolute Gasteiger partial charge is 0.255 e. The third-order valence-electron chi connectivity index (χ3n) is 5.16. The minimum absolute atomic E-state index is 0.167. The fourth-order valence-electron chi connectivity index (χ4n) is 3.80. The predicted molar refractivity (Wildman–Crippen MR) is 103 cm³/mol. The fraction of sp³-hybridized carbons (Fsp3) is 0.350. The first kappa shape index (κ1) is 17.1. The maximum absolute atomic E-state index is 12.6.